The summed E-state index contributed by atoms with van der Waals surface area (Å²) in [5, 5.41) is 6.51. The molecule has 2 N–H and O–H groups in total. The topological polar surface area (TPSA) is 84.7 Å². The molecule has 0 saturated carbocycles. The van der Waals surface area contributed by atoms with Crippen LogP contribution >= 0.6 is 0 Å². The molecule has 148 valence electrons. The van der Waals surface area contributed by atoms with Crippen LogP contribution in [0.1, 0.15) is 35.4 Å². The molecule has 7 nitrogen and oxygen atoms in total. The molecule has 1 saturated heterocycles. The van der Waals surface area contributed by atoms with E-state index < -0.39 is 11.8 Å². The minimum absolute atomic E-state index is 0.00716. The Balaban J connectivity index is 1.60. The standard InChI is InChI=1S/C21H26N4O3/c1-14-6-4-7-18(10-14)25-15(2)11-17(16(25)3)12-23-24-21(27)20(26)22-13-19-8-5-9-28-19/h4,6-7,10-12,19H,5,8-9,13H2,1-3H3,(H,22,26)(H,24,27)/b23-12-/t19-/m1/s1. The van der Waals surface area contributed by atoms with Gasteiger partial charge in [-0.3, -0.25) is 9.59 Å². The second-order valence-corrected chi connectivity index (χ2v) is 7.05. The maximum absolute atomic E-state index is 11.9. The Hall–Kier alpha value is -2.93. The summed E-state index contributed by atoms with van der Waals surface area (Å²) in [7, 11) is 0. The lowest BCUT2D eigenvalue weighted by Gasteiger charge is -2.10. The van der Waals surface area contributed by atoms with Crippen molar-refractivity contribution in [1.29, 1.82) is 0 Å². The number of aromatic nitrogens is 1. The molecule has 2 heterocycles. The Kier molecular flexibility index (Phi) is 6.26. The molecule has 1 fully saturated rings. The van der Waals surface area contributed by atoms with E-state index in [4.69, 9.17) is 4.74 Å². The number of aryl methyl sites for hydroxylation is 2. The van der Waals surface area contributed by atoms with Gasteiger partial charge in [0.2, 0.25) is 0 Å². The first-order chi connectivity index (χ1) is 13.5. The average Bonchev–Trinajstić information content (AvgIpc) is 3.27. The van der Waals surface area contributed by atoms with Gasteiger partial charge in [0, 0.05) is 35.8 Å². The fourth-order valence-electron chi connectivity index (χ4n) is 3.39. The van der Waals surface area contributed by atoms with E-state index in [-0.39, 0.29) is 6.10 Å². The molecule has 1 aromatic heterocycles. The number of amides is 2. The van der Waals surface area contributed by atoms with Gasteiger partial charge in [-0.05, 0) is 57.4 Å². The van der Waals surface area contributed by atoms with Crippen molar-refractivity contribution in [2.75, 3.05) is 13.2 Å². The molecule has 7 heteroatoms. The van der Waals surface area contributed by atoms with Crippen LogP contribution in [-0.4, -0.2) is 41.9 Å². The van der Waals surface area contributed by atoms with Gasteiger partial charge < -0.3 is 14.6 Å². The Labute approximate surface area is 164 Å². The number of benzene rings is 1. The van der Waals surface area contributed by atoms with Crippen LogP contribution in [-0.2, 0) is 14.3 Å². The van der Waals surface area contributed by atoms with E-state index in [2.05, 4.69) is 39.5 Å². The van der Waals surface area contributed by atoms with Crippen molar-refractivity contribution in [3.8, 4) is 5.69 Å². The second-order valence-electron chi connectivity index (χ2n) is 7.05. The number of nitrogens with zero attached hydrogens (tertiary/aromatic N) is 2. The van der Waals surface area contributed by atoms with Gasteiger partial charge in [0.15, 0.2) is 0 Å². The van der Waals surface area contributed by atoms with E-state index >= 15 is 0 Å². The van der Waals surface area contributed by atoms with Gasteiger partial charge in [-0.15, -0.1) is 0 Å². The zero-order chi connectivity index (χ0) is 20.1. The monoisotopic (exact) mass is 382 g/mol. The Morgan fingerprint density at radius 3 is 2.79 bits per heavy atom. The third-order valence-electron chi connectivity index (χ3n) is 4.82. The van der Waals surface area contributed by atoms with Crippen molar-refractivity contribution in [2.45, 2.75) is 39.7 Å². The molecule has 0 bridgehead atoms. The number of carbonyl (C=O) groups excluding carboxylic acids is 2. The molecule has 0 spiro atoms. The van der Waals surface area contributed by atoms with Gasteiger partial charge in [0.05, 0.1) is 12.3 Å². The lowest BCUT2D eigenvalue weighted by atomic mass is 10.2. The summed E-state index contributed by atoms with van der Waals surface area (Å²) in [6.07, 6.45) is 3.43. The number of ether oxygens (including phenoxy) is 1. The summed E-state index contributed by atoms with van der Waals surface area (Å²) in [5.74, 6) is -1.50. The van der Waals surface area contributed by atoms with Crippen LogP contribution in [0.25, 0.3) is 5.69 Å². The van der Waals surface area contributed by atoms with Gasteiger partial charge in [-0.1, -0.05) is 12.1 Å². The minimum atomic E-state index is -0.790. The van der Waals surface area contributed by atoms with Crippen molar-refractivity contribution in [1.82, 2.24) is 15.3 Å². The quantitative estimate of drug-likeness (QED) is 0.472. The third-order valence-corrected chi connectivity index (χ3v) is 4.82. The van der Waals surface area contributed by atoms with Crippen molar-refractivity contribution in [3.05, 3.63) is 52.8 Å². The number of carbonyl (C=O) groups is 2. The van der Waals surface area contributed by atoms with Crippen LogP contribution in [0.5, 0.6) is 0 Å². The van der Waals surface area contributed by atoms with Gasteiger partial charge in [0.25, 0.3) is 0 Å². The molecule has 0 aliphatic carbocycles. The summed E-state index contributed by atoms with van der Waals surface area (Å²) in [6.45, 7) is 7.11. The van der Waals surface area contributed by atoms with Gasteiger partial charge in [0.1, 0.15) is 0 Å². The maximum Gasteiger partial charge on any atom is 0.329 e. The summed E-state index contributed by atoms with van der Waals surface area (Å²) in [6, 6.07) is 10.2. The molecule has 1 atom stereocenters. The fourth-order valence-corrected chi connectivity index (χ4v) is 3.39. The van der Waals surface area contributed by atoms with Gasteiger partial charge >= 0.3 is 11.8 Å². The summed E-state index contributed by atoms with van der Waals surface area (Å²) in [4.78, 5) is 23.7. The molecule has 0 unspecified atom stereocenters. The highest BCUT2D eigenvalue weighted by Crippen LogP contribution is 2.20. The van der Waals surface area contributed by atoms with Gasteiger partial charge in [-0.25, -0.2) is 5.43 Å². The molecule has 2 aromatic rings. The van der Waals surface area contributed by atoms with E-state index in [1.807, 2.05) is 32.0 Å². The summed E-state index contributed by atoms with van der Waals surface area (Å²) in [5.41, 5.74) is 7.48. The molecule has 3 rings (SSSR count). The van der Waals surface area contributed by atoms with Crippen molar-refractivity contribution >= 4 is 18.0 Å². The molecule has 28 heavy (non-hydrogen) atoms. The zero-order valence-electron chi connectivity index (χ0n) is 16.5. The molecule has 1 aliphatic rings. The molecule has 2 amide bonds. The lowest BCUT2D eigenvalue weighted by molar-refractivity contribution is -0.139. The lowest BCUT2D eigenvalue weighted by Crippen LogP contribution is -2.41. The minimum Gasteiger partial charge on any atom is -0.376 e. The van der Waals surface area contributed by atoms with Gasteiger partial charge in [-0.2, -0.15) is 5.10 Å². The van der Waals surface area contributed by atoms with Crippen LogP contribution in [0.15, 0.2) is 35.4 Å². The summed E-state index contributed by atoms with van der Waals surface area (Å²) >= 11 is 0. The normalized spacial score (nSPS) is 16.5. The van der Waals surface area contributed by atoms with Crippen LogP contribution in [0.4, 0.5) is 0 Å². The summed E-state index contributed by atoms with van der Waals surface area (Å²) < 4.78 is 7.54. The second kappa shape index (κ2) is 8.84. The van der Waals surface area contributed by atoms with Crippen LogP contribution in [0.2, 0.25) is 0 Å². The molecular weight excluding hydrogens is 356 g/mol. The largest absolute Gasteiger partial charge is 0.376 e. The maximum atomic E-state index is 11.9. The predicted molar refractivity (Wildman–Crippen MR) is 108 cm³/mol. The fraction of sp³-hybridized carbons (Fsp3) is 0.381. The average molecular weight is 382 g/mol. The van der Waals surface area contributed by atoms with E-state index in [0.29, 0.717) is 13.2 Å². The number of rotatable bonds is 5. The molecule has 1 aromatic carbocycles. The van der Waals surface area contributed by atoms with Crippen LogP contribution in [0, 0.1) is 20.8 Å². The SMILES string of the molecule is Cc1cccc(-n2c(C)cc(/C=N\NC(=O)C(=O)NC[C@H]3CCCO3)c2C)c1. The van der Waals surface area contributed by atoms with Crippen LogP contribution < -0.4 is 10.7 Å². The first kappa shape index (κ1) is 19.8. The zero-order valence-corrected chi connectivity index (χ0v) is 16.5. The van der Waals surface area contributed by atoms with E-state index in [1.54, 1.807) is 6.21 Å². The number of nitrogens with one attached hydrogen (secondary N) is 2. The smallest absolute Gasteiger partial charge is 0.329 e. The van der Waals surface area contributed by atoms with Crippen molar-refractivity contribution < 1.29 is 14.3 Å². The Morgan fingerprint density at radius 1 is 1.25 bits per heavy atom. The molecular formula is C21H26N4O3. The van der Waals surface area contributed by atoms with E-state index in [1.165, 1.54) is 5.56 Å². The molecule has 1 aliphatic heterocycles. The van der Waals surface area contributed by atoms with Crippen molar-refractivity contribution in [2.24, 2.45) is 5.10 Å². The van der Waals surface area contributed by atoms with E-state index in [0.717, 1.165) is 35.5 Å². The number of hydrogen-bond donors (Lipinski definition) is 2. The highest BCUT2D eigenvalue weighted by molar-refractivity contribution is 6.35. The number of hydrazone groups is 1. The van der Waals surface area contributed by atoms with Crippen molar-refractivity contribution in [3.63, 3.8) is 0 Å². The highest BCUT2D eigenvalue weighted by atomic mass is 16.5. The Morgan fingerprint density at radius 2 is 2.07 bits per heavy atom. The predicted octanol–water partition coefficient (Wildman–Crippen LogP) is 2.15. The molecule has 0 radical (unpaired) electrons. The highest BCUT2D eigenvalue weighted by Gasteiger charge is 2.19. The first-order valence-corrected chi connectivity index (χ1v) is 9.44. The third kappa shape index (κ3) is 4.67. The van der Waals surface area contributed by atoms with E-state index in [9.17, 15) is 9.59 Å². The Bertz CT molecular complexity index is 895. The first-order valence-electron chi connectivity index (χ1n) is 9.44. The number of hydrogen-bond acceptors (Lipinski definition) is 4. The van der Waals surface area contributed by atoms with Crippen LogP contribution in [0.3, 0.4) is 0 Å².